The van der Waals surface area contributed by atoms with Crippen LogP contribution in [0.5, 0.6) is 23.0 Å². The van der Waals surface area contributed by atoms with Crippen LogP contribution in [0.15, 0.2) is 36.4 Å². The van der Waals surface area contributed by atoms with E-state index >= 15 is 0 Å². The van der Waals surface area contributed by atoms with Gasteiger partial charge in [0.25, 0.3) is 0 Å². The molecule has 2 aromatic carbocycles. The molecule has 0 spiro atoms. The molecule has 0 aliphatic carbocycles. The first-order chi connectivity index (χ1) is 13.9. The average Bonchev–Trinajstić information content (AvgIpc) is 3.28. The Morgan fingerprint density at radius 1 is 1.17 bits per heavy atom. The summed E-state index contributed by atoms with van der Waals surface area (Å²) in [6.07, 6.45) is -4.75. The molecule has 1 atom stereocenters. The van der Waals surface area contributed by atoms with Crippen LogP contribution in [0.2, 0.25) is 0 Å². The number of thioether (sulfide) groups is 1. The molecule has 4 rings (SSSR count). The Hall–Kier alpha value is -2.75. The van der Waals surface area contributed by atoms with Gasteiger partial charge in [-0.1, -0.05) is 12.1 Å². The maximum atomic E-state index is 12.5. The van der Waals surface area contributed by atoms with E-state index in [1.807, 2.05) is 0 Å². The van der Waals surface area contributed by atoms with Gasteiger partial charge in [-0.3, -0.25) is 4.79 Å². The van der Waals surface area contributed by atoms with Gasteiger partial charge >= 0.3 is 6.36 Å². The maximum Gasteiger partial charge on any atom is 0.573 e. The summed E-state index contributed by atoms with van der Waals surface area (Å²) >= 11 is 1.42. The summed E-state index contributed by atoms with van der Waals surface area (Å²) in [7, 11) is 1.53. The molecule has 1 unspecified atom stereocenters. The van der Waals surface area contributed by atoms with E-state index in [9.17, 15) is 18.0 Å². The van der Waals surface area contributed by atoms with Crippen molar-refractivity contribution in [1.82, 2.24) is 4.90 Å². The van der Waals surface area contributed by atoms with Crippen LogP contribution in [0, 0.1) is 0 Å². The van der Waals surface area contributed by atoms with E-state index in [1.54, 1.807) is 17.0 Å². The summed E-state index contributed by atoms with van der Waals surface area (Å²) in [5.41, 5.74) is 1.37. The highest BCUT2D eigenvalue weighted by Gasteiger charge is 2.38. The topological polar surface area (TPSA) is 57.2 Å². The van der Waals surface area contributed by atoms with E-state index in [1.165, 1.54) is 43.1 Å². The molecular formula is C19H16F3NO5S. The van der Waals surface area contributed by atoms with Crippen molar-refractivity contribution in [2.75, 3.05) is 19.7 Å². The van der Waals surface area contributed by atoms with Crippen molar-refractivity contribution in [2.24, 2.45) is 0 Å². The standard InChI is InChI=1S/C19H16F3NO5S/c1-25-13-6-7-14-17(27-10-26-14)16(13)18-23(15(24)9-29-18)8-11-2-4-12(5-3-11)28-19(20,21)22/h2-7,18H,8-10H2,1H3. The normalized spacial score (nSPS) is 18.3. The second-order valence-corrected chi connectivity index (χ2v) is 7.36. The third-order valence-electron chi connectivity index (χ3n) is 4.48. The molecular weight excluding hydrogens is 411 g/mol. The first-order valence-electron chi connectivity index (χ1n) is 8.58. The van der Waals surface area contributed by atoms with Crippen molar-refractivity contribution in [3.8, 4) is 23.0 Å². The Balaban J connectivity index is 1.60. The minimum absolute atomic E-state index is 0.0848. The second kappa shape index (κ2) is 7.58. The van der Waals surface area contributed by atoms with Crippen molar-refractivity contribution in [3.63, 3.8) is 0 Å². The van der Waals surface area contributed by atoms with Crippen molar-refractivity contribution < 1.29 is 36.9 Å². The molecule has 10 heteroatoms. The number of fused-ring (bicyclic) bond motifs is 1. The fourth-order valence-corrected chi connectivity index (χ4v) is 4.47. The lowest BCUT2D eigenvalue weighted by atomic mass is 10.1. The number of ether oxygens (including phenoxy) is 4. The van der Waals surface area contributed by atoms with Crippen LogP contribution in [-0.4, -0.2) is 36.8 Å². The molecule has 1 fully saturated rings. The Bertz CT molecular complexity index is 919. The number of carbonyl (C=O) groups is 1. The lowest BCUT2D eigenvalue weighted by molar-refractivity contribution is -0.274. The number of hydrogen-bond donors (Lipinski definition) is 0. The number of benzene rings is 2. The molecule has 2 aromatic rings. The third-order valence-corrected chi connectivity index (χ3v) is 5.70. The molecule has 0 bridgehead atoms. The summed E-state index contributed by atoms with van der Waals surface area (Å²) < 4.78 is 57.4. The van der Waals surface area contributed by atoms with Crippen LogP contribution < -0.4 is 18.9 Å². The lowest BCUT2D eigenvalue weighted by Crippen LogP contribution is -2.28. The highest BCUT2D eigenvalue weighted by Crippen LogP contribution is 2.51. The Kier molecular flexibility index (Phi) is 5.12. The Morgan fingerprint density at radius 3 is 2.62 bits per heavy atom. The fourth-order valence-electron chi connectivity index (χ4n) is 3.25. The van der Waals surface area contributed by atoms with Crippen LogP contribution in [0.3, 0.4) is 0 Å². The fraction of sp³-hybridized carbons (Fsp3) is 0.316. The van der Waals surface area contributed by atoms with E-state index in [4.69, 9.17) is 14.2 Å². The summed E-state index contributed by atoms with van der Waals surface area (Å²) in [5, 5.41) is -0.375. The molecule has 2 aliphatic heterocycles. The van der Waals surface area contributed by atoms with Crippen LogP contribution in [-0.2, 0) is 11.3 Å². The summed E-state index contributed by atoms with van der Waals surface area (Å²) in [6.45, 7) is 0.304. The molecule has 0 radical (unpaired) electrons. The molecule has 0 saturated carbocycles. The number of carbonyl (C=O) groups excluding carboxylic acids is 1. The van der Waals surface area contributed by atoms with E-state index in [2.05, 4.69) is 4.74 Å². The highest BCUT2D eigenvalue weighted by atomic mass is 32.2. The minimum Gasteiger partial charge on any atom is -0.496 e. The molecule has 6 nitrogen and oxygen atoms in total. The molecule has 1 amide bonds. The van der Waals surface area contributed by atoms with Crippen molar-refractivity contribution in [1.29, 1.82) is 0 Å². The van der Waals surface area contributed by atoms with Crippen molar-refractivity contribution in [2.45, 2.75) is 18.3 Å². The van der Waals surface area contributed by atoms with Crippen LogP contribution in [0.1, 0.15) is 16.5 Å². The monoisotopic (exact) mass is 427 g/mol. The minimum atomic E-state index is -4.75. The van der Waals surface area contributed by atoms with Gasteiger partial charge in [0.15, 0.2) is 11.5 Å². The van der Waals surface area contributed by atoms with Crippen molar-refractivity contribution >= 4 is 17.7 Å². The zero-order valence-electron chi connectivity index (χ0n) is 15.2. The molecule has 2 aliphatic rings. The van der Waals surface area contributed by atoms with Gasteiger partial charge in [0.2, 0.25) is 12.7 Å². The highest BCUT2D eigenvalue weighted by molar-refractivity contribution is 8.00. The van der Waals surface area contributed by atoms with Gasteiger partial charge in [-0.05, 0) is 29.8 Å². The Labute approximate surface area is 168 Å². The van der Waals surface area contributed by atoms with E-state index < -0.39 is 6.36 Å². The van der Waals surface area contributed by atoms with Crippen LogP contribution in [0.25, 0.3) is 0 Å². The van der Waals surface area contributed by atoms with Crippen LogP contribution in [0.4, 0.5) is 13.2 Å². The first kappa shape index (κ1) is 19.6. The van der Waals surface area contributed by atoms with E-state index in [-0.39, 0.29) is 36.1 Å². The number of hydrogen-bond acceptors (Lipinski definition) is 6. The van der Waals surface area contributed by atoms with Gasteiger partial charge in [0.1, 0.15) is 16.9 Å². The lowest BCUT2D eigenvalue weighted by Gasteiger charge is -2.26. The van der Waals surface area contributed by atoms with Gasteiger partial charge in [0, 0.05) is 6.54 Å². The third kappa shape index (κ3) is 4.02. The van der Waals surface area contributed by atoms with E-state index in [0.29, 0.717) is 28.4 Å². The number of alkyl halides is 3. The Morgan fingerprint density at radius 2 is 1.93 bits per heavy atom. The van der Waals surface area contributed by atoms with Crippen molar-refractivity contribution in [3.05, 3.63) is 47.5 Å². The van der Waals surface area contributed by atoms with Crippen LogP contribution >= 0.6 is 11.8 Å². The zero-order chi connectivity index (χ0) is 20.6. The van der Waals surface area contributed by atoms with Gasteiger partial charge < -0.3 is 23.8 Å². The van der Waals surface area contributed by atoms with Gasteiger partial charge in [-0.15, -0.1) is 24.9 Å². The molecule has 2 heterocycles. The summed E-state index contributed by atoms with van der Waals surface area (Å²) in [6, 6.07) is 8.96. The average molecular weight is 427 g/mol. The molecule has 29 heavy (non-hydrogen) atoms. The molecule has 0 N–H and O–H groups in total. The predicted octanol–water partition coefficient (Wildman–Crippen LogP) is 4.10. The largest absolute Gasteiger partial charge is 0.573 e. The number of amides is 1. The second-order valence-electron chi connectivity index (χ2n) is 6.29. The van der Waals surface area contributed by atoms with E-state index in [0.717, 1.165) is 0 Å². The van der Waals surface area contributed by atoms with Gasteiger partial charge in [-0.2, -0.15) is 0 Å². The SMILES string of the molecule is COc1ccc2c(c1C1SCC(=O)N1Cc1ccc(OC(F)(F)F)cc1)OCO2. The molecule has 154 valence electrons. The quantitative estimate of drug-likeness (QED) is 0.716. The van der Waals surface area contributed by atoms with Gasteiger partial charge in [0.05, 0.1) is 18.4 Å². The first-order valence-corrected chi connectivity index (χ1v) is 9.63. The number of nitrogens with zero attached hydrogens (tertiary/aromatic N) is 1. The predicted molar refractivity (Wildman–Crippen MR) is 98.0 cm³/mol. The zero-order valence-corrected chi connectivity index (χ0v) is 16.0. The van der Waals surface area contributed by atoms with Gasteiger partial charge in [-0.25, -0.2) is 0 Å². The number of methoxy groups -OCH3 is 1. The number of rotatable bonds is 5. The molecule has 1 saturated heterocycles. The summed E-state index contributed by atoms with van der Waals surface area (Å²) in [4.78, 5) is 14.2. The number of halogens is 3. The smallest absolute Gasteiger partial charge is 0.496 e. The maximum absolute atomic E-state index is 12.5. The summed E-state index contributed by atoms with van der Waals surface area (Å²) in [5.74, 6) is 1.56. The molecule has 0 aromatic heterocycles.